The quantitative estimate of drug-likeness (QED) is 0.394. The van der Waals surface area contributed by atoms with Crippen molar-refractivity contribution < 1.29 is 14.3 Å². The van der Waals surface area contributed by atoms with E-state index >= 15 is 0 Å². The van der Waals surface area contributed by atoms with Crippen molar-refractivity contribution in [3.63, 3.8) is 0 Å². The Morgan fingerprint density at radius 2 is 1.58 bits per heavy atom. The van der Waals surface area contributed by atoms with Crippen molar-refractivity contribution in [2.24, 2.45) is 15.6 Å². The summed E-state index contributed by atoms with van der Waals surface area (Å²) in [7, 11) is 0. The topological polar surface area (TPSA) is 68.1 Å². The van der Waals surface area contributed by atoms with E-state index in [9.17, 15) is 9.59 Å². The van der Waals surface area contributed by atoms with Gasteiger partial charge in [0.2, 0.25) is 5.54 Å². The summed E-state index contributed by atoms with van der Waals surface area (Å²) < 4.78 is 6.58. The Labute approximate surface area is 160 Å². The monoisotopic (exact) mass is 414 g/mol. The predicted octanol–water partition coefficient (Wildman–Crippen LogP) is 5.18. The van der Waals surface area contributed by atoms with Crippen LogP contribution in [-0.2, 0) is 14.3 Å². The lowest BCUT2D eigenvalue weighted by Crippen LogP contribution is -2.57. The molecule has 1 aliphatic rings. The molecule has 0 aliphatic carbocycles. The third-order valence-electron chi connectivity index (χ3n) is 4.60. The fourth-order valence-corrected chi connectivity index (χ4v) is 3.33. The van der Waals surface area contributed by atoms with Crippen molar-refractivity contribution in [2.45, 2.75) is 32.4 Å². The zero-order chi connectivity index (χ0) is 18.9. The van der Waals surface area contributed by atoms with Gasteiger partial charge in [-0.25, -0.2) is 4.79 Å². The van der Waals surface area contributed by atoms with E-state index in [1.807, 2.05) is 42.5 Å². The summed E-state index contributed by atoms with van der Waals surface area (Å²) >= 11 is 3.38. The summed E-state index contributed by atoms with van der Waals surface area (Å²) in [5.74, 6) is -0.997. The number of rotatable bonds is 3. The lowest BCUT2D eigenvalue weighted by Gasteiger charge is -2.42. The third-order valence-corrected chi connectivity index (χ3v) is 5.13. The van der Waals surface area contributed by atoms with Crippen molar-refractivity contribution in [3.05, 3.63) is 64.6 Å². The molecule has 3 rings (SSSR count). The molecule has 1 saturated heterocycles. The number of azo groups is 1. The van der Waals surface area contributed by atoms with Gasteiger partial charge < -0.3 is 4.74 Å². The molecule has 2 atom stereocenters. The van der Waals surface area contributed by atoms with E-state index in [1.165, 1.54) is 6.92 Å². The molecular formula is C20H19BrN2O3. The van der Waals surface area contributed by atoms with Crippen LogP contribution in [0.1, 0.15) is 32.4 Å². The van der Waals surface area contributed by atoms with Crippen LogP contribution in [0.4, 0.5) is 5.69 Å². The highest BCUT2D eigenvalue weighted by molar-refractivity contribution is 9.10. The number of carbonyl (C=O) groups excluding carboxylic acids is 2. The second-order valence-corrected chi connectivity index (χ2v) is 7.91. The maximum Gasteiger partial charge on any atom is 0.344 e. The number of esters is 1. The van der Waals surface area contributed by atoms with Crippen LogP contribution < -0.4 is 0 Å². The summed E-state index contributed by atoms with van der Waals surface area (Å²) in [6.07, 6.45) is -0.671. The number of nitrogens with zero attached hydrogens (tertiary/aromatic N) is 2. The van der Waals surface area contributed by atoms with E-state index in [1.54, 1.807) is 26.0 Å². The maximum absolute atomic E-state index is 13.2. The minimum Gasteiger partial charge on any atom is -0.454 e. The summed E-state index contributed by atoms with van der Waals surface area (Å²) in [6.45, 7) is 5.00. The molecule has 1 heterocycles. The van der Waals surface area contributed by atoms with E-state index in [0.29, 0.717) is 5.69 Å². The van der Waals surface area contributed by atoms with Crippen LogP contribution in [0.2, 0.25) is 0 Å². The van der Waals surface area contributed by atoms with Crippen LogP contribution in [0.3, 0.4) is 0 Å². The first kappa shape index (κ1) is 18.5. The fraction of sp³-hybridized carbons (Fsp3) is 0.300. The Kier molecular flexibility index (Phi) is 4.80. The third kappa shape index (κ3) is 3.21. The number of cyclic esters (lactones) is 1. The zero-order valence-corrected chi connectivity index (χ0v) is 16.4. The molecule has 26 heavy (non-hydrogen) atoms. The maximum atomic E-state index is 13.2. The van der Waals surface area contributed by atoms with Gasteiger partial charge in [-0.05, 0) is 50.6 Å². The molecule has 0 bridgehead atoms. The molecule has 6 heteroatoms. The Bertz CT molecular complexity index is 862. The average Bonchev–Trinajstić information content (AvgIpc) is 2.64. The standard InChI is InChI=1S/C20H19BrN2O3/c1-19(2)16(13-9-11-14(21)12-10-13)26-18(25)20(3,17(19)24)23-22-15-7-5-4-6-8-15/h4-12,16H,1-3H3. The van der Waals surface area contributed by atoms with E-state index < -0.39 is 23.0 Å². The number of Topliss-reactive ketones (excluding diaryl/α,β-unsaturated/α-hetero) is 1. The van der Waals surface area contributed by atoms with E-state index in [2.05, 4.69) is 26.2 Å². The molecule has 134 valence electrons. The lowest BCUT2D eigenvalue weighted by molar-refractivity contribution is -0.180. The van der Waals surface area contributed by atoms with Gasteiger partial charge in [-0.3, -0.25) is 4.79 Å². The van der Waals surface area contributed by atoms with Crippen LogP contribution in [0.25, 0.3) is 0 Å². The van der Waals surface area contributed by atoms with Gasteiger partial charge in [-0.15, -0.1) is 0 Å². The number of ether oxygens (including phenoxy) is 1. The van der Waals surface area contributed by atoms with Crippen molar-refractivity contribution in [1.29, 1.82) is 0 Å². The molecule has 5 nitrogen and oxygen atoms in total. The van der Waals surface area contributed by atoms with E-state index in [-0.39, 0.29) is 5.78 Å². The molecular weight excluding hydrogens is 396 g/mol. The van der Waals surface area contributed by atoms with Crippen LogP contribution in [0.15, 0.2) is 69.3 Å². The van der Waals surface area contributed by atoms with Crippen LogP contribution >= 0.6 is 15.9 Å². The average molecular weight is 415 g/mol. The van der Waals surface area contributed by atoms with Gasteiger partial charge in [0, 0.05) is 4.47 Å². The summed E-state index contributed by atoms with van der Waals surface area (Å²) in [6, 6.07) is 16.4. The highest BCUT2D eigenvalue weighted by Crippen LogP contribution is 2.46. The van der Waals surface area contributed by atoms with Crippen molar-refractivity contribution in [2.75, 3.05) is 0 Å². The van der Waals surface area contributed by atoms with Gasteiger partial charge in [-0.1, -0.05) is 46.3 Å². The fourth-order valence-electron chi connectivity index (χ4n) is 3.07. The molecule has 0 amide bonds. The first-order chi connectivity index (χ1) is 12.2. The van der Waals surface area contributed by atoms with E-state index in [0.717, 1.165) is 10.0 Å². The Hall–Kier alpha value is -2.34. The molecule has 0 radical (unpaired) electrons. The lowest BCUT2D eigenvalue weighted by atomic mass is 9.70. The van der Waals surface area contributed by atoms with Gasteiger partial charge in [0.1, 0.15) is 6.10 Å². The Morgan fingerprint density at radius 1 is 0.962 bits per heavy atom. The Balaban J connectivity index is 1.94. The summed E-state index contributed by atoms with van der Waals surface area (Å²) in [5.41, 5.74) is -1.26. The largest absolute Gasteiger partial charge is 0.454 e. The number of carbonyl (C=O) groups is 2. The van der Waals surface area contributed by atoms with Gasteiger partial charge in [-0.2, -0.15) is 10.2 Å². The number of benzene rings is 2. The number of hydrogen-bond acceptors (Lipinski definition) is 5. The highest BCUT2D eigenvalue weighted by atomic mass is 79.9. The summed E-state index contributed by atoms with van der Waals surface area (Å²) in [4.78, 5) is 25.9. The predicted molar refractivity (Wildman–Crippen MR) is 101 cm³/mol. The van der Waals surface area contributed by atoms with Crippen LogP contribution in [-0.4, -0.2) is 17.3 Å². The molecule has 2 unspecified atom stereocenters. The molecule has 1 fully saturated rings. The SMILES string of the molecule is CC1(N=Nc2ccccc2)C(=O)OC(c2ccc(Br)cc2)C(C)(C)C1=O. The second kappa shape index (κ2) is 6.76. The highest BCUT2D eigenvalue weighted by Gasteiger charge is 2.59. The number of hydrogen-bond donors (Lipinski definition) is 0. The van der Waals surface area contributed by atoms with Gasteiger partial charge in [0.25, 0.3) is 0 Å². The van der Waals surface area contributed by atoms with Gasteiger partial charge >= 0.3 is 5.97 Å². The smallest absolute Gasteiger partial charge is 0.344 e. The molecule has 0 spiro atoms. The van der Waals surface area contributed by atoms with Crippen LogP contribution in [0.5, 0.6) is 0 Å². The molecule has 1 aliphatic heterocycles. The van der Waals surface area contributed by atoms with Gasteiger partial charge in [0.05, 0.1) is 11.1 Å². The zero-order valence-electron chi connectivity index (χ0n) is 14.8. The first-order valence-electron chi connectivity index (χ1n) is 8.24. The molecule has 0 aromatic heterocycles. The minimum absolute atomic E-state index is 0.311. The second-order valence-electron chi connectivity index (χ2n) is 7.00. The Morgan fingerprint density at radius 3 is 2.19 bits per heavy atom. The van der Waals surface area contributed by atoms with Gasteiger partial charge in [0.15, 0.2) is 5.78 Å². The van der Waals surface area contributed by atoms with Crippen molar-refractivity contribution in [3.8, 4) is 0 Å². The van der Waals surface area contributed by atoms with Crippen molar-refractivity contribution >= 4 is 33.4 Å². The van der Waals surface area contributed by atoms with E-state index in [4.69, 9.17) is 4.74 Å². The number of ketones is 1. The molecule has 2 aromatic rings. The molecule has 0 N–H and O–H groups in total. The summed E-state index contributed by atoms with van der Waals surface area (Å²) in [5, 5.41) is 8.15. The molecule has 0 saturated carbocycles. The number of halogens is 1. The normalized spacial score (nSPS) is 25.3. The molecule has 2 aromatic carbocycles. The first-order valence-corrected chi connectivity index (χ1v) is 9.04. The minimum atomic E-state index is -1.66. The van der Waals surface area contributed by atoms with Crippen molar-refractivity contribution in [1.82, 2.24) is 0 Å². The van der Waals surface area contributed by atoms with Crippen LogP contribution in [0, 0.1) is 5.41 Å².